The maximum atomic E-state index is 12.4. The number of nitrogens with zero attached hydrogens (tertiary/aromatic N) is 3. The number of amides is 1. The number of rotatable bonds is 3. The van der Waals surface area contributed by atoms with Crippen molar-refractivity contribution in [3.8, 4) is 11.3 Å². The van der Waals surface area contributed by atoms with E-state index in [1.807, 2.05) is 86.1 Å². The number of fused-ring (bicyclic) bond motifs is 1. The molecule has 5 nitrogen and oxygen atoms in total. The minimum Gasteiger partial charge on any atom is -0.322 e. The number of imidazole rings is 1. The van der Waals surface area contributed by atoms with Crippen molar-refractivity contribution < 1.29 is 4.79 Å². The molecular weight excluding hydrogens is 336 g/mol. The van der Waals surface area contributed by atoms with Crippen LogP contribution in [-0.2, 0) is 0 Å². The predicted molar refractivity (Wildman–Crippen MR) is 107 cm³/mol. The van der Waals surface area contributed by atoms with E-state index < -0.39 is 0 Å². The van der Waals surface area contributed by atoms with Crippen LogP contribution in [0.3, 0.4) is 0 Å². The molecule has 0 fully saturated rings. The summed E-state index contributed by atoms with van der Waals surface area (Å²) in [5.41, 5.74) is 6.44. The van der Waals surface area contributed by atoms with E-state index in [-0.39, 0.29) is 5.91 Å². The van der Waals surface area contributed by atoms with Crippen LogP contribution >= 0.6 is 0 Å². The van der Waals surface area contributed by atoms with E-state index >= 15 is 0 Å². The summed E-state index contributed by atoms with van der Waals surface area (Å²) < 4.78 is 1.90. The molecule has 0 aliphatic heterocycles. The van der Waals surface area contributed by atoms with Gasteiger partial charge in [-0.1, -0.05) is 18.2 Å². The van der Waals surface area contributed by atoms with E-state index in [0.29, 0.717) is 11.3 Å². The fraction of sp³-hybridized carbons (Fsp3) is 0.136. The molecule has 0 spiro atoms. The summed E-state index contributed by atoms with van der Waals surface area (Å²) in [6.45, 7) is 5.99. The van der Waals surface area contributed by atoms with Crippen LogP contribution in [0.5, 0.6) is 0 Å². The maximum absolute atomic E-state index is 12.4. The lowest BCUT2D eigenvalue weighted by atomic mass is 10.1. The Morgan fingerprint density at radius 2 is 1.70 bits per heavy atom. The molecule has 0 aliphatic carbocycles. The topological polar surface area (TPSA) is 59.3 Å². The number of carbonyl (C=O) groups is 1. The average Bonchev–Trinajstić information content (AvgIpc) is 3.07. The summed E-state index contributed by atoms with van der Waals surface area (Å²) >= 11 is 0. The number of nitrogens with one attached hydrogen (secondary N) is 1. The minimum atomic E-state index is -0.113. The Morgan fingerprint density at radius 3 is 2.44 bits per heavy atom. The zero-order chi connectivity index (χ0) is 19.0. The monoisotopic (exact) mass is 356 g/mol. The fourth-order valence-electron chi connectivity index (χ4n) is 2.91. The summed E-state index contributed by atoms with van der Waals surface area (Å²) in [5, 5.41) is 2.94. The molecule has 2 aromatic carbocycles. The van der Waals surface area contributed by atoms with Crippen LogP contribution in [0, 0.1) is 20.8 Å². The van der Waals surface area contributed by atoms with Gasteiger partial charge in [0.1, 0.15) is 0 Å². The number of anilines is 1. The largest absolute Gasteiger partial charge is 0.322 e. The summed E-state index contributed by atoms with van der Waals surface area (Å²) in [5.74, 6) is 0.565. The van der Waals surface area contributed by atoms with Crippen LogP contribution in [0.4, 0.5) is 5.69 Å². The molecular formula is C22H20N4O. The third kappa shape index (κ3) is 3.44. The molecule has 0 aliphatic rings. The molecule has 0 saturated carbocycles. The van der Waals surface area contributed by atoms with Gasteiger partial charge in [-0.3, -0.25) is 9.20 Å². The molecule has 5 heteroatoms. The highest BCUT2D eigenvalue weighted by molar-refractivity contribution is 6.04. The Kier molecular flexibility index (Phi) is 4.20. The van der Waals surface area contributed by atoms with Crippen LogP contribution in [0.25, 0.3) is 17.0 Å². The van der Waals surface area contributed by atoms with Crippen molar-refractivity contribution in [2.24, 2.45) is 0 Å². The van der Waals surface area contributed by atoms with Crippen molar-refractivity contribution in [1.29, 1.82) is 0 Å². The van der Waals surface area contributed by atoms with Crippen molar-refractivity contribution in [2.45, 2.75) is 20.8 Å². The van der Waals surface area contributed by atoms with Gasteiger partial charge >= 0.3 is 0 Å². The van der Waals surface area contributed by atoms with Crippen LogP contribution in [0.2, 0.25) is 0 Å². The fourth-order valence-corrected chi connectivity index (χ4v) is 2.91. The highest BCUT2D eigenvalue weighted by Gasteiger charge is 2.09. The van der Waals surface area contributed by atoms with Crippen LogP contribution in [0.1, 0.15) is 27.2 Å². The van der Waals surface area contributed by atoms with Gasteiger partial charge < -0.3 is 5.32 Å². The van der Waals surface area contributed by atoms with Crippen molar-refractivity contribution in [2.75, 3.05) is 5.32 Å². The Hall–Kier alpha value is -3.47. The van der Waals surface area contributed by atoms with Crippen molar-refractivity contribution in [1.82, 2.24) is 14.4 Å². The van der Waals surface area contributed by atoms with Crippen molar-refractivity contribution in [3.63, 3.8) is 0 Å². The Morgan fingerprint density at radius 1 is 0.926 bits per heavy atom. The van der Waals surface area contributed by atoms with E-state index in [1.165, 1.54) is 5.56 Å². The third-order valence-corrected chi connectivity index (χ3v) is 4.67. The Balaban J connectivity index is 1.54. The number of hydrogen-bond acceptors (Lipinski definition) is 3. The zero-order valence-electron chi connectivity index (χ0n) is 15.5. The lowest BCUT2D eigenvalue weighted by Crippen LogP contribution is -2.12. The molecule has 134 valence electrons. The Bertz CT molecular complexity index is 1140. The summed E-state index contributed by atoms with van der Waals surface area (Å²) in [6.07, 6.45) is 3.90. The average molecular weight is 356 g/mol. The first kappa shape index (κ1) is 17.0. The normalized spacial score (nSPS) is 10.9. The molecule has 2 heterocycles. The minimum absolute atomic E-state index is 0.113. The predicted octanol–water partition coefficient (Wildman–Crippen LogP) is 4.57. The molecule has 2 aromatic heterocycles. The quantitative estimate of drug-likeness (QED) is 0.585. The third-order valence-electron chi connectivity index (χ3n) is 4.67. The highest BCUT2D eigenvalue weighted by Crippen LogP contribution is 2.21. The van der Waals surface area contributed by atoms with Crippen LogP contribution in [-0.4, -0.2) is 20.3 Å². The van der Waals surface area contributed by atoms with Gasteiger partial charge in [0.15, 0.2) is 0 Å². The number of hydrogen-bond donors (Lipinski definition) is 1. The van der Waals surface area contributed by atoms with E-state index in [1.54, 1.807) is 0 Å². The SMILES string of the molecule is Cc1ccn2cc(-c3ccc(NC(=O)c4ccc(C)c(C)c4)cc3)nc2n1. The van der Waals surface area contributed by atoms with Gasteiger partial charge in [0.25, 0.3) is 5.91 Å². The molecule has 27 heavy (non-hydrogen) atoms. The van der Waals surface area contributed by atoms with Crippen LogP contribution < -0.4 is 5.32 Å². The van der Waals surface area contributed by atoms with E-state index in [4.69, 9.17) is 0 Å². The second-order valence-corrected chi connectivity index (χ2v) is 6.73. The zero-order valence-corrected chi connectivity index (χ0v) is 15.5. The molecule has 4 rings (SSSR count). The first-order valence-corrected chi connectivity index (χ1v) is 8.81. The Labute approximate surface area is 157 Å². The molecule has 0 unspecified atom stereocenters. The van der Waals surface area contributed by atoms with Crippen LogP contribution in [0.15, 0.2) is 60.9 Å². The van der Waals surface area contributed by atoms with Gasteiger partial charge in [-0.15, -0.1) is 0 Å². The van der Waals surface area contributed by atoms with Gasteiger partial charge in [-0.2, -0.15) is 0 Å². The second-order valence-electron chi connectivity index (χ2n) is 6.73. The highest BCUT2D eigenvalue weighted by atomic mass is 16.1. The number of carbonyl (C=O) groups excluding carboxylic acids is 1. The number of aromatic nitrogens is 3. The standard InChI is InChI=1S/C22H20N4O/c1-14-4-5-18(12-15(14)2)21(27)24-19-8-6-17(7-9-19)20-13-26-11-10-16(3)23-22(26)25-20/h4-13H,1-3H3,(H,24,27). The molecule has 0 atom stereocenters. The molecule has 0 saturated heterocycles. The number of aryl methyl sites for hydroxylation is 3. The van der Waals surface area contributed by atoms with E-state index in [9.17, 15) is 4.79 Å². The molecule has 1 amide bonds. The van der Waals surface area contributed by atoms with Crippen molar-refractivity contribution >= 4 is 17.4 Å². The van der Waals surface area contributed by atoms with Crippen molar-refractivity contribution in [3.05, 3.63) is 83.3 Å². The van der Waals surface area contributed by atoms with Gasteiger partial charge in [-0.05, 0) is 62.2 Å². The van der Waals surface area contributed by atoms with Gasteiger partial charge in [0.05, 0.1) is 5.69 Å². The lowest BCUT2D eigenvalue weighted by Gasteiger charge is -2.08. The molecule has 0 bridgehead atoms. The van der Waals surface area contributed by atoms with Gasteiger partial charge in [0, 0.05) is 34.9 Å². The van der Waals surface area contributed by atoms with Gasteiger partial charge in [-0.25, -0.2) is 9.97 Å². The van der Waals surface area contributed by atoms with Gasteiger partial charge in [0.2, 0.25) is 5.78 Å². The summed E-state index contributed by atoms with van der Waals surface area (Å²) in [4.78, 5) is 21.4. The lowest BCUT2D eigenvalue weighted by molar-refractivity contribution is 0.102. The smallest absolute Gasteiger partial charge is 0.255 e. The first-order chi connectivity index (χ1) is 13.0. The summed E-state index contributed by atoms with van der Waals surface area (Å²) in [7, 11) is 0. The molecule has 1 N–H and O–H groups in total. The summed E-state index contributed by atoms with van der Waals surface area (Å²) in [6, 6.07) is 15.3. The van der Waals surface area contributed by atoms with E-state index in [2.05, 4.69) is 15.3 Å². The maximum Gasteiger partial charge on any atom is 0.255 e. The molecule has 0 radical (unpaired) electrons. The first-order valence-electron chi connectivity index (χ1n) is 8.81. The number of benzene rings is 2. The second kappa shape index (κ2) is 6.68. The van der Waals surface area contributed by atoms with E-state index in [0.717, 1.165) is 28.2 Å². The molecule has 4 aromatic rings.